The van der Waals surface area contributed by atoms with Crippen molar-refractivity contribution in [1.82, 2.24) is 10.3 Å². The molecule has 2 heterocycles. The monoisotopic (exact) mass is 323 g/mol. The Kier molecular flexibility index (Phi) is 4.33. The fourth-order valence-electron chi connectivity index (χ4n) is 2.48. The van der Waals surface area contributed by atoms with E-state index < -0.39 is 6.10 Å². The first-order valence-electron chi connectivity index (χ1n) is 7.33. The molecule has 2 N–H and O–H groups in total. The second-order valence-corrected chi connectivity index (χ2v) is 5.56. The van der Waals surface area contributed by atoms with E-state index in [1.165, 1.54) is 0 Å². The Balaban J connectivity index is 0.00000144. The van der Waals surface area contributed by atoms with Crippen molar-refractivity contribution in [3.05, 3.63) is 24.1 Å². The summed E-state index contributed by atoms with van der Waals surface area (Å²) in [6.45, 7) is 1.89. The maximum absolute atomic E-state index is 12.1. The zero-order valence-electron chi connectivity index (χ0n) is 12.0. The number of hydrogen-bond donors (Lipinski definition) is 2. The van der Waals surface area contributed by atoms with Crippen LogP contribution in [0.25, 0.3) is 11.1 Å². The van der Waals surface area contributed by atoms with Crippen molar-refractivity contribution in [1.29, 1.82) is 0 Å². The standard InChI is InChI=1S/C15H17N3O3.ClH/c19-14(13-8-16-5-6-20-13)17-10-3-4-11-12(7-10)21-15(18-11)9-1-2-9;/h3-4,7,9,13,16H,1-2,5-6,8H2,(H,17,19);1H. The SMILES string of the molecule is Cl.O=C(Nc1ccc2nc(C3CC3)oc2c1)C1CNCCO1. The number of fused-ring (bicyclic) bond motifs is 1. The van der Waals surface area contributed by atoms with Crippen LogP contribution >= 0.6 is 12.4 Å². The quantitative estimate of drug-likeness (QED) is 0.904. The molecule has 0 spiro atoms. The highest BCUT2D eigenvalue weighted by molar-refractivity contribution is 5.95. The third kappa shape index (κ3) is 3.09. The minimum absolute atomic E-state index is 0. The Bertz CT molecular complexity index is 678. The zero-order chi connectivity index (χ0) is 14.2. The van der Waals surface area contributed by atoms with E-state index in [1.807, 2.05) is 18.2 Å². The summed E-state index contributed by atoms with van der Waals surface area (Å²) < 4.78 is 11.2. The van der Waals surface area contributed by atoms with Crippen LogP contribution in [-0.4, -0.2) is 36.7 Å². The summed E-state index contributed by atoms with van der Waals surface area (Å²) in [4.78, 5) is 16.6. The van der Waals surface area contributed by atoms with Gasteiger partial charge in [0, 0.05) is 30.8 Å². The average Bonchev–Trinajstić information content (AvgIpc) is 3.28. The summed E-state index contributed by atoms with van der Waals surface area (Å²) in [6, 6.07) is 5.54. The van der Waals surface area contributed by atoms with Gasteiger partial charge in [0.25, 0.3) is 5.91 Å². The van der Waals surface area contributed by atoms with Crippen LogP contribution in [0.2, 0.25) is 0 Å². The molecule has 2 aromatic rings. The number of morpholine rings is 1. The van der Waals surface area contributed by atoms with Gasteiger partial charge in [0.15, 0.2) is 11.5 Å². The fourth-order valence-corrected chi connectivity index (χ4v) is 2.48. The summed E-state index contributed by atoms with van der Waals surface area (Å²) in [7, 11) is 0. The van der Waals surface area contributed by atoms with Crippen LogP contribution in [0.3, 0.4) is 0 Å². The first-order chi connectivity index (χ1) is 10.3. The van der Waals surface area contributed by atoms with Crippen LogP contribution in [0, 0.1) is 0 Å². The molecule has 2 fully saturated rings. The first kappa shape index (κ1) is 15.3. The Morgan fingerprint density at radius 1 is 1.36 bits per heavy atom. The fraction of sp³-hybridized carbons (Fsp3) is 0.467. The number of halogens is 1. The molecule has 0 bridgehead atoms. The van der Waals surface area contributed by atoms with E-state index in [9.17, 15) is 4.79 Å². The van der Waals surface area contributed by atoms with Crippen molar-refractivity contribution in [2.45, 2.75) is 24.9 Å². The van der Waals surface area contributed by atoms with Crippen LogP contribution in [0.1, 0.15) is 24.7 Å². The number of nitrogens with one attached hydrogen (secondary N) is 2. The number of benzene rings is 1. The number of carbonyl (C=O) groups excluding carboxylic acids is 1. The van der Waals surface area contributed by atoms with E-state index in [1.54, 1.807) is 0 Å². The van der Waals surface area contributed by atoms with Gasteiger partial charge in [-0.1, -0.05) is 0 Å². The molecular weight excluding hydrogens is 306 g/mol. The van der Waals surface area contributed by atoms with Gasteiger partial charge in [0.2, 0.25) is 0 Å². The highest BCUT2D eigenvalue weighted by Gasteiger charge is 2.29. The lowest BCUT2D eigenvalue weighted by atomic mass is 10.2. The van der Waals surface area contributed by atoms with Crippen molar-refractivity contribution in [3.8, 4) is 0 Å². The number of nitrogens with zero attached hydrogens (tertiary/aromatic N) is 1. The van der Waals surface area contributed by atoms with E-state index in [2.05, 4.69) is 15.6 Å². The van der Waals surface area contributed by atoms with Crippen LogP contribution in [0.15, 0.2) is 22.6 Å². The molecular formula is C15H18ClN3O3. The van der Waals surface area contributed by atoms with Gasteiger partial charge in [-0.05, 0) is 25.0 Å². The van der Waals surface area contributed by atoms with Crippen molar-refractivity contribution < 1.29 is 13.9 Å². The van der Waals surface area contributed by atoms with Crippen LogP contribution in [-0.2, 0) is 9.53 Å². The maximum Gasteiger partial charge on any atom is 0.254 e. The number of anilines is 1. The van der Waals surface area contributed by atoms with E-state index in [4.69, 9.17) is 9.15 Å². The molecule has 2 aliphatic rings. The highest BCUT2D eigenvalue weighted by Crippen LogP contribution is 2.40. The molecule has 1 saturated carbocycles. The molecule has 0 radical (unpaired) electrons. The maximum atomic E-state index is 12.1. The lowest BCUT2D eigenvalue weighted by molar-refractivity contribution is -0.128. The van der Waals surface area contributed by atoms with E-state index in [0.717, 1.165) is 36.4 Å². The largest absolute Gasteiger partial charge is 0.440 e. The minimum atomic E-state index is -0.439. The minimum Gasteiger partial charge on any atom is -0.440 e. The van der Waals surface area contributed by atoms with Crippen LogP contribution in [0.4, 0.5) is 5.69 Å². The molecule has 1 aliphatic carbocycles. The average molecular weight is 324 g/mol. The Labute approximate surface area is 134 Å². The predicted molar refractivity (Wildman–Crippen MR) is 84.5 cm³/mol. The van der Waals surface area contributed by atoms with Gasteiger partial charge >= 0.3 is 0 Å². The Hall–Kier alpha value is -1.63. The van der Waals surface area contributed by atoms with Gasteiger partial charge in [0.1, 0.15) is 11.6 Å². The van der Waals surface area contributed by atoms with Crippen molar-refractivity contribution >= 4 is 35.1 Å². The third-order valence-corrected chi connectivity index (χ3v) is 3.82. The molecule has 118 valence electrons. The van der Waals surface area contributed by atoms with Gasteiger partial charge in [-0.3, -0.25) is 4.79 Å². The summed E-state index contributed by atoms with van der Waals surface area (Å²) in [6.07, 6.45) is 1.87. The van der Waals surface area contributed by atoms with Crippen LogP contribution in [0.5, 0.6) is 0 Å². The van der Waals surface area contributed by atoms with E-state index >= 15 is 0 Å². The lowest BCUT2D eigenvalue weighted by Gasteiger charge is -2.22. The van der Waals surface area contributed by atoms with Crippen molar-refractivity contribution in [3.63, 3.8) is 0 Å². The van der Waals surface area contributed by atoms with Gasteiger partial charge in [-0.2, -0.15) is 0 Å². The smallest absolute Gasteiger partial charge is 0.254 e. The van der Waals surface area contributed by atoms with Gasteiger partial charge in [-0.15, -0.1) is 12.4 Å². The summed E-state index contributed by atoms with van der Waals surface area (Å²) >= 11 is 0. The molecule has 1 atom stereocenters. The highest BCUT2D eigenvalue weighted by atomic mass is 35.5. The molecule has 1 aromatic heterocycles. The number of rotatable bonds is 3. The normalized spacial score (nSPS) is 21.4. The molecule has 22 heavy (non-hydrogen) atoms. The molecule has 7 heteroatoms. The predicted octanol–water partition coefficient (Wildman–Crippen LogP) is 2.05. The number of amides is 1. The van der Waals surface area contributed by atoms with Gasteiger partial charge in [0.05, 0.1) is 6.61 Å². The van der Waals surface area contributed by atoms with Gasteiger partial charge < -0.3 is 19.8 Å². The van der Waals surface area contributed by atoms with Gasteiger partial charge in [-0.25, -0.2) is 4.98 Å². The molecule has 1 aliphatic heterocycles. The summed E-state index contributed by atoms with van der Waals surface area (Å²) in [5, 5.41) is 6.01. The Morgan fingerprint density at radius 3 is 2.95 bits per heavy atom. The van der Waals surface area contributed by atoms with Crippen molar-refractivity contribution in [2.24, 2.45) is 0 Å². The second-order valence-electron chi connectivity index (χ2n) is 5.56. The van der Waals surface area contributed by atoms with E-state index in [-0.39, 0.29) is 18.3 Å². The van der Waals surface area contributed by atoms with Crippen LogP contribution < -0.4 is 10.6 Å². The lowest BCUT2D eigenvalue weighted by Crippen LogP contribution is -2.45. The van der Waals surface area contributed by atoms with E-state index in [0.29, 0.717) is 24.8 Å². The van der Waals surface area contributed by atoms with Crippen molar-refractivity contribution in [2.75, 3.05) is 25.0 Å². The Morgan fingerprint density at radius 2 is 2.23 bits per heavy atom. The molecule has 1 saturated heterocycles. The molecule has 1 aromatic carbocycles. The number of aromatic nitrogens is 1. The molecule has 4 rings (SSSR count). The summed E-state index contributed by atoms with van der Waals surface area (Å²) in [5.74, 6) is 1.16. The number of oxazole rings is 1. The second kappa shape index (κ2) is 6.24. The molecule has 1 amide bonds. The summed E-state index contributed by atoms with van der Waals surface area (Å²) in [5.41, 5.74) is 2.27. The number of carbonyl (C=O) groups is 1. The third-order valence-electron chi connectivity index (χ3n) is 3.82. The number of hydrogen-bond acceptors (Lipinski definition) is 5. The first-order valence-corrected chi connectivity index (χ1v) is 7.33. The molecule has 6 nitrogen and oxygen atoms in total. The topological polar surface area (TPSA) is 76.4 Å². The zero-order valence-corrected chi connectivity index (χ0v) is 12.8. The number of ether oxygens (including phenoxy) is 1. The molecule has 1 unspecified atom stereocenters.